The Morgan fingerprint density at radius 1 is 1.59 bits per heavy atom. The summed E-state index contributed by atoms with van der Waals surface area (Å²) in [5, 5.41) is 3.92. The molecule has 5 heteroatoms. The molecule has 0 saturated carbocycles. The zero-order valence-electron chi connectivity index (χ0n) is 10.6. The Hall–Kier alpha value is -0.580. The van der Waals surface area contributed by atoms with Crippen molar-refractivity contribution in [2.45, 2.75) is 39.3 Å². The van der Waals surface area contributed by atoms with Crippen molar-refractivity contribution in [1.82, 2.24) is 10.1 Å². The lowest BCUT2D eigenvalue weighted by Crippen LogP contribution is -2.47. The molecule has 98 valence electrons. The second-order valence-electron chi connectivity index (χ2n) is 4.83. The largest absolute Gasteiger partial charge is 0.360 e. The van der Waals surface area contributed by atoms with Crippen LogP contribution in [-0.4, -0.2) is 29.2 Å². The molecule has 2 N–H and O–H groups in total. The van der Waals surface area contributed by atoms with Crippen molar-refractivity contribution < 1.29 is 4.52 Å². The summed E-state index contributed by atoms with van der Waals surface area (Å²) in [6, 6.07) is 2.49. The van der Waals surface area contributed by atoms with Crippen molar-refractivity contribution in [3.63, 3.8) is 0 Å². The van der Waals surface area contributed by atoms with Crippen molar-refractivity contribution in [1.29, 1.82) is 0 Å². The lowest BCUT2D eigenvalue weighted by atomic mass is 9.91. The fourth-order valence-electron chi connectivity index (χ4n) is 2.60. The molecule has 0 bridgehead atoms. The molecule has 4 nitrogen and oxygen atoms in total. The van der Waals surface area contributed by atoms with Gasteiger partial charge in [-0.25, -0.2) is 0 Å². The molecular weight excluding hydrogens is 238 g/mol. The third kappa shape index (κ3) is 3.44. The van der Waals surface area contributed by atoms with E-state index in [1.165, 1.54) is 12.8 Å². The minimum absolute atomic E-state index is 0. The van der Waals surface area contributed by atoms with Crippen LogP contribution in [0.15, 0.2) is 10.6 Å². The van der Waals surface area contributed by atoms with Crippen LogP contribution in [0.5, 0.6) is 0 Å². The highest BCUT2D eigenvalue weighted by atomic mass is 35.5. The first-order valence-electron chi connectivity index (χ1n) is 6.07. The van der Waals surface area contributed by atoms with Gasteiger partial charge in [0, 0.05) is 18.7 Å². The standard InChI is InChI=1S/C12H21N3O.ClH/c1-9-4-3-5-15(12(9)7-13)8-11-6-10(2)14-16-11;/h6,9,12H,3-5,7-8,13H2,1-2H3;1H. The number of piperidine rings is 1. The molecule has 2 unspecified atom stereocenters. The Bertz CT molecular complexity index is 342. The molecule has 1 aromatic rings. The molecule has 1 saturated heterocycles. The Kier molecular flexibility index (Phi) is 5.43. The number of halogens is 1. The van der Waals surface area contributed by atoms with Crippen molar-refractivity contribution in [2.75, 3.05) is 13.1 Å². The maximum atomic E-state index is 5.86. The van der Waals surface area contributed by atoms with Crippen LogP contribution in [0.1, 0.15) is 31.2 Å². The van der Waals surface area contributed by atoms with Gasteiger partial charge in [0.05, 0.1) is 12.2 Å². The summed E-state index contributed by atoms with van der Waals surface area (Å²) in [7, 11) is 0. The number of rotatable bonds is 3. The molecule has 0 aromatic carbocycles. The molecule has 2 atom stereocenters. The number of nitrogens with two attached hydrogens (primary N) is 1. The molecule has 0 spiro atoms. The zero-order valence-corrected chi connectivity index (χ0v) is 11.4. The van der Waals surface area contributed by atoms with Crippen LogP contribution >= 0.6 is 12.4 Å². The topological polar surface area (TPSA) is 55.3 Å². The van der Waals surface area contributed by atoms with E-state index in [-0.39, 0.29) is 12.4 Å². The molecule has 0 aliphatic carbocycles. The summed E-state index contributed by atoms with van der Waals surface area (Å²) in [6.07, 6.45) is 2.54. The first-order chi connectivity index (χ1) is 7.70. The van der Waals surface area contributed by atoms with Crippen LogP contribution in [0.2, 0.25) is 0 Å². The third-order valence-electron chi connectivity index (χ3n) is 3.51. The van der Waals surface area contributed by atoms with Gasteiger partial charge in [0.1, 0.15) is 0 Å². The number of hydrogen-bond acceptors (Lipinski definition) is 4. The molecule has 1 aliphatic heterocycles. The van der Waals surface area contributed by atoms with Crippen LogP contribution in [0.3, 0.4) is 0 Å². The number of aromatic nitrogens is 1. The van der Waals surface area contributed by atoms with E-state index in [1.54, 1.807) is 0 Å². The van der Waals surface area contributed by atoms with Gasteiger partial charge in [-0.1, -0.05) is 12.1 Å². The molecule has 2 heterocycles. The van der Waals surface area contributed by atoms with Gasteiger partial charge >= 0.3 is 0 Å². The smallest absolute Gasteiger partial charge is 0.150 e. The fourth-order valence-corrected chi connectivity index (χ4v) is 2.60. The molecule has 0 radical (unpaired) electrons. The summed E-state index contributed by atoms with van der Waals surface area (Å²) in [6.45, 7) is 6.93. The normalized spacial score (nSPS) is 25.6. The predicted molar refractivity (Wildman–Crippen MR) is 70.1 cm³/mol. The Balaban J connectivity index is 0.00000144. The van der Waals surface area contributed by atoms with E-state index in [0.29, 0.717) is 12.0 Å². The Morgan fingerprint density at radius 3 is 2.94 bits per heavy atom. The summed E-state index contributed by atoms with van der Waals surface area (Å²) in [5.74, 6) is 1.63. The molecule has 1 aromatic heterocycles. The van der Waals surface area contributed by atoms with Crippen LogP contribution < -0.4 is 5.73 Å². The molecule has 1 fully saturated rings. The quantitative estimate of drug-likeness (QED) is 0.902. The van der Waals surface area contributed by atoms with E-state index in [1.807, 2.05) is 13.0 Å². The van der Waals surface area contributed by atoms with Crippen LogP contribution in [0.25, 0.3) is 0 Å². The van der Waals surface area contributed by atoms with Gasteiger partial charge in [0.2, 0.25) is 0 Å². The van der Waals surface area contributed by atoms with Gasteiger partial charge < -0.3 is 10.3 Å². The number of nitrogens with zero attached hydrogens (tertiary/aromatic N) is 2. The monoisotopic (exact) mass is 259 g/mol. The van der Waals surface area contributed by atoms with Crippen molar-refractivity contribution >= 4 is 12.4 Å². The maximum Gasteiger partial charge on any atom is 0.150 e. The van der Waals surface area contributed by atoms with Gasteiger partial charge in [-0.15, -0.1) is 12.4 Å². The average Bonchev–Trinajstić information content (AvgIpc) is 2.64. The molecule has 2 rings (SSSR count). The van der Waals surface area contributed by atoms with E-state index >= 15 is 0 Å². The van der Waals surface area contributed by atoms with Crippen LogP contribution in [0.4, 0.5) is 0 Å². The predicted octanol–water partition coefficient (Wildman–Crippen LogP) is 1.96. The fraction of sp³-hybridized carbons (Fsp3) is 0.750. The Labute approximate surface area is 109 Å². The highest BCUT2D eigenvalue weighted by Crippen LogP contribution is 2.24. The van der Waals surface area contributed by atoms with Crippen LogP contribution in [-0.2, 0) is 6.54 Å². The van der Waals surface area contributed by atoms with Crippen molar-refractivity contribution in [3.8, 4) is 0 Å². The first-order valence-corrected chi connectivity index (χ1v) is 6.07. The van der Waals surface area contributed by atoms with E-state index in [4.69, 9.17) is 10.3 Å². The summed E-state index contributed by atoms with van der Waals surface area (Å²) >= 11 is 0. The molecule has 1 aliphatic rings. The molecule has 17 heavy (non-hydrogen) atoms. The maximum absolute atomic E-state index is 5.86. The average molecular weight is 260 g/mol. The molecular formula is C12H22ClN3O. The van der Waals surface area contributed by atoms with E-state index in [2.05, 4.69) is 17.0 Å². The van der Waals surface area contributed by atoms with E-state index in [9.17, 15) is 0 Å². The van der Waals surface area contributed by atoms with E-state index in [0.717, 1.165) is 31.1 Å². The number of hydrogen-bond donors (Lipinski definition) is 1. The van der Waals surface area contributed by atoms with Crippen molar-refractivity contribution in [3.05, 3.63) is 17.5 Å². The van der Waals surface area contributed by atoms with Gasteiger partial charge in [-0.3, -0.25) is 4.90 Å². The molecule has 0 amide bonds. The van der Waals surface area contributed by atoms with Gasteiger partial charge in [0.15, 0.2) is 5.76 Å². The first kappa shape index (κ1) is 14.5. The van der Waals surface area contributed by atoms with Gasteiger partial charge in [-0.05, 0) is 32.2 Å². The van der Waals surface area contributed by atoms with Gasteiger partial charge in [0.25, 0.3) is 0 Å². The van der Waals surface area contributed by atoms with Crippen molar-refractivity contribution in [2.24, 2.45) is 11.7 Å². The minimum Gasteiger partial charge on any atom is -0.360 e. The minimum atomic E-state index is 0. The summed E-state index contributed by atoms with van der Waals surface area (Å²) in [5.41, 5.74) is 6.80. The summed E-state index contributed by atoms with van der Waals surface area (Å²) < 4.78 is 5.26. The van der Waals surface area contributed by atoms with E-state index < -0.39 is 0 Å². The second kappa shape index (κ2) is 6.38. The SMILES string of the molecule is Cc1cc(CN2CCCC(C)C2CN)on1.Cl. The Morgan fingerprint density at radius 2 is 2.35 bits per heavy atom. The van der Waals surface area contributed by atoms with Crippen LogP contribution in [0, 0.1) is 12.8 Å². The lowest BCUT2D eigenvalue weighted by Gasteiger charge is -2.38. The lowest BCUT2D eigenvalue weighted by molar-refractivity contribution is 0.0892. The third-order valence-corrected chi connectivity index (χ3v) is 3.51. The highest BCUT2D eigenvalue weighted by Gasteiger charge is 2.27. The number of likely N-dealkylation sites (tertiary alicyclic amines) is 1. The highest BCUT2D eigenvalue weighted by molar-refractivity contribution is 5.85. The second-order valence-corrected chi connectivity index (χ2v) is 4.83. The summed E-state index contributed by atoms with van der Waals surface area (Å²) in [4.78, 5) is 2.42. The zero-order chi connectivity index (χ0) is 11.5. The van der Waals surface area contributed by atoms with Gasteiger partial charge in [-0.2, -0.15) is 0 Å². The number of aryl methyl sites for hydroxylation is 1.